The van der Waals surface area contributed by atoms with Gasteiger partial charge in [0.1, 0.15) is 0 Å². The molecule has 5 heteroatoms. The first kappa shape index (κ1) is 20.2. The molecule has 3 rings (SSSR count). The van der Waals surface area contributed by atoms with E-state index in [9.17, 15) is 4.79 Å². The van der Waals surface area contributed by atoms with Crippen LogP contribution < -0.4 is 5.32 Å². The van der Waals surface area contributed by atoms with Gasteiger partial charge in [-0.3, -0.25) is 4.79 Å². The van der Waals surface area contributed by atoms with Crippen molar-refractivity contribution in [1.82, 2.24) is 10.2 Å². The molecule has 0 aliphatic heterocycles. The van der Waals surface area contributed by atoms with Gasteiger partial charge in [-0.15, -0.1) is 11.8 Å². The number of carbonyl (C=O) groups is 1. The first-order valence-corrected chi connectivity index (χ1v) is 10.5. The van der Waals surface area contributed by atoms with E-state index in [0.717, 1.165) is 25.1 Å². The van der Waals surface area contributed by atoms with Crippen LogP contribution in [0.5, 0.6) is 0 Å². The third kappa shape index (κ3) is 6.29. The molecule has 1 amide bonds. The fraction of sp³-hybridized carbons (Fsp3) is 0.261. The van der Waals surface area contributed by atoms with Crippen LogP contribution in [0.25, 0.3) is 0 Å². The summed E-state index contributed by atoms with van der Waals surface area (Å²) in [5, 5.41) is 2.97. The number of amides is 1. The molecule has 1 N–H and O–H groups in total. The highest BCUT2D eigenvalue weighted by Gasteiger charge is 2.15. The molecule has 146 valence electrons. The first-order chi connectivity index (χ1) is 13.7. The second kappa shape index (κ2) is 10.7. The molecule has 3 aromatic rings. The lowest BCUT2D eigenvalue weighted by atomic mass is 10.2. The molecule has 28 heavy (non-hydrogen) atoms. The maximum Gasteiger partial charge on any atom is 0.287 e. The normalized spacial score (nSPS) is 10.9. The van der Waals surface area contributed by atoms with Crippen molar-refractivity contribution in [3.8, 4) is 0 Å². The minimum atomic E-state index is -0.139. The molecule has 0 radical (unpaired) electrons. The number of nitrogens with zero attached hydrogens (tertiary/aromatic N) is 1. The van der Waals surface area contributed by atoms with E-state index < -0.39 is 0 Å². The average Bonchev–Trinajstić information content (AvgIpc) is 3.20. The molecule has 0 aliphatic carbocycles. The molecular formula is C23H26N2O2S. The molecule has 1 aromatic heterocycles. The summed E-state index contributed by atoms with van der Waals surface area (Å²) in [5.41, 5.74) is 2.22. The summed E-state index contributed by atoms with van der Waals surface area (Å²) < 4.78 is 5.44. The van der Waals surface area contributed by atoms with Crippen LogP contribution in [0.3, 0.4) is 0 Å². The van der Waals surface area contributed by atoms with E-state index in [0.29, 0.717) is 18.1 Å². The van der Waals surface area contributed by atoms with Gasteiger partial charge in [0.2, 0.25) is 0 Å². The molecule has 0 fully saturated rings. The highest BCUT2D eigenvalue weighted by molar-refractivity contribution is 7.98. The van der Waals surface area contributed by atoms with Gasteiger partial charge in [-0.2, -0.15) is 0 Å². The summed E-state index contributed by atoms with van der Waals surface area (Å²) in [6.45, 7) is 2.46. The lowest BCUT2D eigenvalue weighted by Gasteiger charge is -2.16. The molecule has 0 spiro atoms. The standard InChI is InChI=1S/C23H26N2O2S/c1-25(17-19-9-4-2-5-10-19)15-8-14-24-23(26)22-20(13-16-27-22)18-28-21-11-6-3-7-12-21/h2-7,9-13,16H,8,14-15,17-18H2,1H3,(H,24,26). The molecule has 1 heterocycles. The van der Waals surface area contributed by atoms with Gasteiger partial charge in [-0.05, 0) is 43.8 Å². The SMILES string of the molecule is CN(CCCNC(=O)c1occc1CSc1ccccc1)Cc1ccccc1. The van der Waals surface area contributed by atoms with Crippen molar-refractivity contribution in [2.24, 2.45) is 0 Å². The van der Waals surface area contributed by atoms with Gasteiger partial charge in [0, 0.05) is 29.3 Å². The van der Waals surface area contributed by atoms with Crippen molar-refractivity contribution in [2.45, 2.75) is 23.6 Å². The Morgan fingerprint density at radius 3 is 2.50 bits per heavy atom. The third-order valence-corrected chi connectivity index (χ3v) is 5.45. The fourth-order valence-electron chi connectivity index (χ4n) is 2.93. The Bertz CT molecular complexity index is 849. The summed E-state index contributed by atoms with van der Waals surface area (Å²) >= 11 is 1.70. The number of rotatable bonds is 10. The summed E-state index contributed by atoms with van der Waals surface area (Å²) in [7, 11) is 2.10. The minimum absolute atomic E-state index is 0.139. The molecule has 0 bridgehead atoms. The highest BCUT2D eigenvalue weighted by atomic mass is 32.2. The van der Waals surface area contributed by atoms with Gasteiger partial charge in [0.25, 0.3) is 5.91 Å². The lowest BCUT2D eigenvalue weighted by Crippen LogP contribution is -2.28. The second-order valence-electron chi connectivity index (χ2n) is 6.71. The van der Waals surface area contributed by atoms with Crippen LogP contribution in [0.1, 0.15) is 28.1 Å². The number of thioether (sulfide) groups is 1. The Labute approximate surface area is 170 Å². The minimum Gasteiger partial charge on any atom is -0.459 e. The second-order valence-corrected chi connectivity index (χ2v) is 7.76. The van der Waals surface area contributed by atoms with Gasteiger partial charge in [0.15, 0.2) is 5.76 Å². The van der Waals surface area contributed by atoms with Crippen molar-refractivity contribution in [3.63, 3.8) is 0 Å². The van der Waals surface area contributed by atoms with E-state index in [4.69, 9.17) is 4.42 Å². The first-order valence-electron chi connectivity index (χ1n) is 9.47. The summed E-state index contributed by atoms with van der Waals surface area (Å²) in [4.78, 5) is 15.9. The van der Waals surface area contributed by atoms with Crippen LogP contribution in [0.15, 0.2) is 82.3 Å². The summed E-state index contributed by atoms with van der Waals surface area (Å²) in [6, 6.07) is 22.4. The molecule has 0 aliphatic rings. The van der Waals surface area contributed by atoms with Gasteiger partial charge in [-0.1, -0.05) is 48.5 Å². The molecule has 4 nitrogen and oxygen atoms in total. The smallest absolute Gasteiger partial charge is 0.287 e. The van der Waals surface area contributed by atoms with Crippen molar-refractivity contribution in [3.05, 3.63) is 89.9 Å². The lowest BCUT2D eigenvalue weighted by molar-refractivity contribution is 0.0923. The summed E-state index contributed by atoms with van der Waals surface area (Å²) in [6.07, 6.45) is 2.48. The van der Waals surface area contributed by atoms with Crippen molar-refractivity contribution in [2.75, 3.05) is 20.1 Å². The Balaban J connectivity index is 1.40. The predicted octanol–water partition coefficient (Wildman–Crippen LogP) is 4.82. The predicted molar refractivity (Wildman–Crippen MR) is 114 cm³/mol. The van der Waals surface area contributed by atoms with Crippen LogP contribution in [0.4, 0.5) is 0 Å². The number of hydrogen-bond acceptors (Lipinski definition) is 4. The number of carbonyl (C=O) groups excluding carboxylic acids is 1. The largest absolute Gasteiger partial charge is 0.459 e. The van der Waals surface area contributed by atoms with Crippen molar-refractivity contribution >= 4 is 17.7 Å². The van der Waals surface area contributed by atoms with E-state index in [1.165, 1.54) is 10.5 Å². The van der Waals surface area contributed by atoms with Gasteiger partial charge >= 0.3 is 0 Å². The zero-order valence-electron chi connectivity index (χ0n) is 16.1. The summed E-state index contributed by atoms with van der Waals surface area (Å²) in [5.74, 6) is 0.990. The van der Waals surface area contributed by atoms with Crippen LogP contribution in [-0.2, 0) is 12.3 Å². The monoisotopic (exact) mass is 394 g/mol. The topological polar surface area (TPSA) is 45.5 Å². The van der Waals surface area contributed by atoms with Crippen LogP contribution in [-0.4, -0.2) is 30.9 Å². The maximum atomic E-state index is 12.4. The van der Waals surface area contributed by atoms with Gasteiger partial charge in [0.05, 0.1) is 6.26 Å². The zero-order valence-corrected chi connectivity index (χ0v) is 17.0. The van der Waals surface area contributed by atoms with Crippen LogP contribution in [0.2, 0.25) is 0 Å². The third-order valence-electron chi connectivity index (χ3n) is 4.39. The van der Waals surface area contributed by atoms with E-state index in [1.807, 2.05) is 30.3 Å². The Morgan fingerprint density at radius 1 is 1.04 bits per heavy atom. The molecule has 0 saturated carbocycles. The molecule has 0 atom stereocenters. The van der Waals surface area contributed by atoms with Crippen molar-refractivity contribution in [1.29, 1.82) is 0 Å². The van der Waals surface area contributed by atoms with Crippen LogP contribution in [0, 0.1) is 0 Å². The number of furan rings is 1. The quantitative estimate of drug-likeness (QED) is 0.395. The number of nitrogens with one attached hydrogen (secondary N) is 1. The van der Waals surface area contributed by atoms with Gasteiger partial charge < -0.3 is 14.6 Å². The Morgan fingerprint density at radius 2 is 1.75 bits per heavy atom. The molecule has 2 aromatic carbocycles. The number of benzene rings is 2. The number of hydrogen-bond donors (Lipinski definition) is 1. The molecule has 0 unspecified atom stereocenters. The Hall–Kier alpha value is -2.50. The van der Waals surface area contributed by atoms with E-state index in [1.54, 1.807) is 18.0 Å². The van der Waals surface area contributed by atoms with Gasteiger partial charge in [-0.25, -0.2) is 0 Å². The maximum absolute atomic E-state index is 12.4. The average molecular weight is 395 g/mol. The Kier molecular flexibility index (Phi) is 7.76. The molecule has 0 saturated heterocycles. The van der Waals surface area contributed by atoms with E-state index >= 15 is 0 Å². The van der Waals surface area contributed by atoms with E-state index in [-0.39, 0.29) is 5.91 Å². The molecular weight excluding hydrogens is 368 g/mol. The fourth-order valence-corrected chi connectivity index (χ4v) is 3.83. The zero-order chi connectivity index (χ0) is 19.6. The highest BCUT2D eigenvalue weighted by Crippen LogP contribution is 2.24. The van der Waals surface area contributed by atoms with Crippen LogP contribution >= 0.6 is 11.8 Å². The van der Waals surface area contributed by atoms with E-state index in [2.05, 4.69) is 53.7 Å². The van der Waals surface area contributed by atoms with Crippen molar-refractivity contribution < 1.29 is 9.21 Å².